The second-order valence-corrected chi connectivity index (χ2v) is 12.1. The lowest BCUT2D eigenvalue weighted by molar-refractivity contribution is -0.120. The number of hydrogen-bond acceptors (Lipinski definition) is 10. The predicted octanol–water partition coefficient (Wildman–Crippen LogP) is 3.84. The van der Waals surface area contributed by atoms with Crippen LogP contribution in [0.15, 0.2) is 30.6 Å². The normalized spacial score (nSPS) is 20.2. The predicted molar refractivity (Wildman–Crippen MR) is 167 cm³/mol. The molecule has 0 bridgehead atoms. The first-order valence-electron chi connectivity index (χ1n) is 15.6. The molecule has 0 unspecified atom stereocenters. The Bertz CT molecular complexity index is 1430. The van der Waals surface area contributed by atoms with Gasteiger partial charge < -0.3 is 19.9 Å². The van der Waals surface area contributed by atoms with E-state index < -0.39 is 0 Å². The van der Waals surface area contributed by atoms with Crippen molar-refractivity contribution in [3.8, 4) is 11.4 Å². The third-order valence-electron chi connectivity index (χ3n) is 9.17. The van der Waals surface area contributed by atoms with Gasteiger partial charge in [0.05, 0.1) is 36.6 Å². The number of amides is 1. The number of carbonyl (C=O) groups excluding carboxylic acids is 1. The van der Waals surface area contributed by atoms with E-state index >= 15 is 0 Å². The van der Waals surface area contributed by atoms with Crippen molar-refractivity contribution in [3.63, 3.8) is 0 Å². The lowest BCUT2D eigenvalue weighted by atomic mass is 10.0. The van der Waals surface area contributed by atoms with Crippen molar-refractivity contribution in [1.82, 2.24) is 34.8 Å². The lowest BCUT2D eigenvalue weighted by Crippen LogP contribution is -2.55. The number of nitrogens with one attached hydrogen (secondary N) is 1. The average Bonchev–Trinajstić information content (AvgIpc) is 3.72. The SMILES string of the molecule is CC[C@@H]1C(=O)N(C)c2cnc(Nc3ccc(-n4cc(CN5CCN(C(C)C)CC5)nn4)cc3OC)nc2N1C1CCCC1. The molecule has 2 aromatic heterocycles. The van der Waals surface area contributed by atoms with E-state index in [1.54, 1.807) is 22.9 Å². The van der Waals surface area contributed by atoms with E-state index in [0.29, 0.717) is 23.8 Å². The van der Waals surface area contributed by atoms with Gasteiger partial charge in [0.25, 0.3) is 0 Å². The smallest absolute Gasteiger partial charge is 0.249 e. The summed E-state index contributed by atoms with van der Waals surface area (Å²) in [6, 6.07) is 6.55. The van der Waals surface area contributed by atoms with Crippen LogP contribution in [0.25, 0.3) is 5.69 Å². The molecule has 0 radical (unpaired) electrons. The van der Waals surface area contributed by atoms with Gasteiger partial charge in [0.2, 0.25) is 11.9 Å². The Labute approximate surface area is 254 Å². The minimum atomic E-state index is -0.214. The summed E-state index contributed by atoms with van der Waals surface area (Å²) in [5, 5.41) is 12.2. The zero-order chi connectivity index (χ0) is 30.1. The standard InChI is InChI=1S/C31H44N10O2/c1-6-26-30(42)37(4)27-18-32-31(34-29(27)41(26)23-9-7-8-10-23)33-25-12-11-24(17-28(25)43-5)40-20-22(35-36-40)19-38-13-15-39(16-14-38)21(2)3/h11-12,17-18,20-21,23,26H,6-10,13-16,19H2,1-5H3,(H,32,33,34)/t26-/m1/s1. The number of benzene rings is 1. The van der Waals surface area contributed by atoms with E-state index in [1.165, 1.54) is 12.8 Å². The molecule has 1 N–H and O–H groups in total. The monoisotopic (exact) mass is 588 g/mol. The lowest BCUT2D eigenvalue weighted by Gasteiger charge is -2.43. The van der Waals surface area contributed by atoms with Crippen molar-refractivity contribution in [1.29, 1.82) is 0 Å². The van der Waals surface area contributed by atoms with Gasteiger partial charge in [-0.1, -0.05) is 25.0 Å². The molecule has 12 nitrogen and oxygen atoms in total. The quantitative estimate of drug-likeness (QED) is 0.396. The van der Waals surface area contributed by atoms with Crippen molar-refractivity contribution < 1.29 is 9.53 Å². The highest BCUT2D eigenvalue weighted by atomic mass is 16.5. The number of piperazine rings is 1. The molecule has 1 saturated heterocycles. The van der Waals surface area contributed by atoms with Crippen LogP contribution in [0, 0.1) is 0 Å². The third kappa shape index (κ3) is 5.90. The molecule has 0 spiro atoms. The summed E-state index contributed by atoms with van der Waals surface area (Å²) in [4.78, 5) is 31.7. The highest BCUT2D eigenvalue weighted by Gasteiger charge is 2.41. The molecule has 1 aliphatic carbocycles. The number of hydrogen-bond donors (Lipinski definition) is 1. The fraction of sp³-hybridized carbons (Fsp3) is 0.581. The van der Waals surface area contributed by atoms with E-state index in [1.807, 2.05) is 31.4 Å². The Morgan fingerprint density at radius 1 is 1.12 bits per heavy atom. The van der Waals surface area contributed by atoms with Crippen LogP contribution < -0.4 is 19.9 Å². The number of aromatic nitrogens is 5. The maximum absolute atomic E-state index is 13.2. The van der Waals surface area contributed by atoms with Gasteiger partial charge in [-0.05, 0) is 45.2 Å². The van der Waals surface area contributed by atoms with Gasteiger partial charge in [-0.25, -0.2) is 9.67 Å². The van der Waals surface area contributed by atoms with Crippen molar-refractivity contribution in [2.75, 3.05) is 55.5 Å². The number of rotatable bonds is 9. The Morgan fingerprint density at radius 3 is 2.58 bits per heavy atom. The highest BCUT2D eigenvalue weighted by molar-refractivity contribution is 6.04. The fourth-order valence-corrected chi connectivity index (χ4v) is 6.65. The molecular weight excluding hydrogens is 544 g/mol. The summed E-state index contributed by atoms with van der Waals surface area (Å²) in [5.74, 6) is 2.03. The first kappa shape index (κ1) is 29.3. The summed E-state index contributed by atoms with van der Waals surface area (Å²) in [5.41, 5.74) is 3.30. The molecule has 1 saturated carbocycles. The number of nitrogens with zero attached hydrogens (tertiary/aromatic N) is 9. The molecule has 1 amide bonds. The van der Waals surface area contributed by atoms with Gasteiger partial charge in [0, 0.05) is 57.9 Å². The van der Waals surface area contributed by atoms with Crippen LogP contribution in [-0.4, -0.2) is 99.1 Å². The van der Waals surface area contributed by atoms with Gasteiger partial charge in [-0.15, -0.1) is 5.10 Å². The van der Waals surface area contributed by atoms with Crippen LogP contribution in [0.5, 0.6) is 5.75 Å². The van der Waals surface area contributed by atoms with Crippen molar-refractivity contribution in [3.05, 3.63) is 36.3 Å². The summed E-state index contributed by atoms with van der Waals surface area (Å²) in [6.45, 7) is 11.6. The highest BCUT2D eigenvalue weighted by Crippen LogP contribution is 2.40. The molecule has 2 fully saturated rings. The second kappa shape index (κ2) is 12.5. The molecule has 3 aromatic rings. The summed E-state index contributed by atoms with van der Waals surface area (Å²) < 4.78 is 7.55. The van der Waals surface area contributed by atoms with Gasteiger partial charge >= 0.3 is 0 Å². The third-order valence-corrected chi connectivity index (χ3v) is 9.17. The average molecular weight is 589 g/mol. The Kier molecular flexibility index (Phi) is 8.49. The Morgan fingerprint density at radius 2 is 1.88 bits per heavy atom. The molecule has 3 aliphatic rings. The first-order chi connectivity index (χ1) is 20.9. The molecule has 4 heterocycles. The number of carbonyl (C=O) groups is 1. The van der Waals surface area contributed by atoms with Crippen LogP contribution in [-0.2, 0) is 11.3 Å². The maximum atomic E-state index is 13.2. The van der Waals surface area contributed by atoms with Gasteiger partial charge in [0.1, 0.15) is 17.5 Å². The number of likely N-dealkylation sites (N-methyl/N-ethyl adjacent to an activating group) is 1. The zero-order valence-corrected chi connectivity index (χ0v) is 26.0. The molecule has 12 heteroatoms. The molecule has 43 heavy (non-hydrogen) atoms. The minimum Gasteiger partial charge on any atom is -0.494 e. The van der Waals surface area contributed by atoms with Crippen molar-refractivity contribution in [2.24, 2.45) is 0 Å². The fourth-order valence-electron chi connectivity index (χ4n) is 6.65. The van der Waals surface area contributed by atoms with Crippen LogP contribution in [0.1, 0.15) is 58.6 Å². The van der Waals surface area contributed by atoms with Crippen LogP contribution in [0.2, 0.25) is 0 Å². The van der Waals surface area contributed by atoms with Crippen LogP contribution in [0.4, 0.5) is 23.1 Å². The number of anilines is 4. The molecule has 2 aliphatic heterocycles. The summed E-state index contributed by atoms with van der Waals surface area (Å²) in [7, 11) is 3.46. The van der Waals surface area contributed by atoms with Crippen molar-refractivity contribution in [2.45, 2.75) is 77.5 Å². The molecule has 1 atom stereocenters. The molecule has 1 aromatic carbocycles. The second-order valence-electron chi connectivity index (χ2n) is 12.1. The number of fused-ring (bicyclic) bond motifs is 1. The molecular formula is C31H44N10O2. The topological polar surface area (TPSA) is 108 Å². The van der Waals surface area contributed by atoms with E-state index in [4.69, 9.17) is 9.72 Å². The minimum absolute atomic E-state index is 0.105. The number of methoxy groups -OCH3 is 1. The van der Waals surface area contributed by atoms with E-state index in [0.717, 1.165) is 80.6 Å². The van der Waals surface area contributed by atoms with E-state index in [2.05, 4.69) is 56.1 Å². The molecule has 230 valence electrons. The first-order valence-corrected chi connectivity index (χ1v) is 15.6. The van der Waals surface area contributed by atoms with E-state index in [-0.39, 0.29) is 11.9 Å². The van der Waals surface area contributed by atoms with Gasteiger partial charge in [0.15, 0.2) is 5.82 Å². The Hall–Kier alpha value is -3.77. The van der Waals surface area contributed by atoms with Crippen molar-refractivity contribution >= 4 is 29.0 Å². The Balaban J connectivity index is 1.19. The summed E-state index contributed by atoms with van der Waals surface area (Å²) >= 11 is 0. The van der Waals surface area contributed by atoms with E-state index in [9.17, 15) is 4.79 Å². The van der Waals surface area contributed by atoms with Gasteiger partial charge in [-0.3, -0.25) is 14.6 Å². The van der Waals surface area contributed by atoms with Gasteiger partial charge in [-0.2, -0.15) is 4.98 Å². The molecule has 6 rings (SSSR count). The van der Waals surface area contributed by atoms with Crippen LogP contribution in [0.3, 0.4) is 0 Å². The zero-order valence-electron chi connectivity index (χ0n) is 26.0. The van der Waals surface area contributed by atoms with Crippen LogP contribution >= 0.6 is 0 Å². The largest absolute Gasteiger partial charge is 0.494 e. The number of ether oxygens (including phenoxy) is 1. The summed E-state index contributed by atoms with van der Waals surface area (Å²) in [6.07, 6.45) is 8.99. The maximum Gasteiger partial charge on any atom is 0.249 e.